The molecule has 0 radical (unpaired) electrons. The zero-order chi connectivity index (χ0) is 16.2. The largest absolute Gasteiger partial charge is 0.381 e. The van der Waals surface area contributed by atoms with E-state index >= 15 is 0 Å². The first-order valence-electron chi connectivity index (χ1n) is 7.45. The number of hydrogen-bond acceptors (Lipinski definition) is 5. The van der Waals surface area contributed by atoms with Gasteiger partial charge in [-0.05, 0) is 53.2 Å². The van der Waals surface area contributed by atoms with E-state index in [0.717, 1.165) is 31.7 Å². The van der Waals surface area contributed by atoms with Crippen LogP contribution in [-0.4, -0.2) is 48.1 Å². The van der Waals surface area contributed by atoms with Gasteiger partial charge in [-0.1, -0.05) is 5.92 Å². The minimum absolute atomic E-state index is 0.342. The second kappa shape index (κ2) is 6.99. The number of nitrogen functional groups attached to an aromatic ring is 1. The summed E-state index contributed by atoms with van der Waals surface area (Å²) >= 11 is 3.27. The lowest BCUT2D eigenvalue weighted by Gasteiger charge is -2.34. The zero-order valence-corrected chi connectivity index (χ0v) is 14.5. The number of anilines is 2. The molecule has 23 heavy (non-hydrogen) atoms. The highest BCUT2D eigenvalue weighted by Crippen LogP contribution is 2.17. The lowest BCUT2D eigenvalue weighted by molar-refractivity contribution is 0.313. The third kappa shape index (κ3) is 4.01. The lowest BCUT2D eigenvalue weighted by Crippen LogP contribution is -2.44. The Balaban J connectivity index is 1.73. The third-order valence-electron chi connectivity index (χ3n) is 3.83. The van der Waals surface area contributed by atoms with E-state index in [9.17, 15) is 0 Å². The van der Waals surface area contributed by atoms with Crippen LogP contribution in [0.2, 0.25) is 0 Å². The average Bonchev–Trinajstić information content (AvgIpc) is 2.57. The number of halogens is 1. The van der Waals surface area contributed by atoms with Crippen LogP contribution < -0.4 is 10.6 Å². The van der Waals surface area contributed by atoms with Crippen molar-refractivity contribution in [2.24, 2.45) is 0 Å². The van der Waals surface area contributed by atoms with Gasteiger partial charge in [0.15, 0.2) is 11.5 Å². The first-order valence-corrected chi connectivity index (χ1v) is 8.25. The predicted octanol–water partition coefficient (Wildman–Crippen LogP) is 1.97. The third-order valence-corrected chi connectivity index (χ3v) is 4.21. The van der Waals surface area contributed by atoms with Crippen molar-refractivity contribution in [3.63, 3.8) is 0 Å². The number of rotatable bonds is 1. The summed E-state index contributed by atoms with van der Waals surface area (Å²) in [7, 11) is 2.16. The van der Waals surface area contributed by atoms with E-state index in [0.29, 0.717) is 16.1 Å². The minimum Gasteiger partial charge on any atom is -0.381 e. The molecule has 0 amide bonds. The van der Waals surface area contributed by atoms with Crippen LogP contribution in [-0.2, 0) is 0 Å². The summed E-state index contributed by atoms with van der Waals surface area (Å²) in [6.45, 7) is 4.32. The number of likely N-dealkylation sites (N-methyl/N-ethyl adjacent to an activating group) is 1. The minimum atomic E-state index is 0.342. The Morgan fingerprint density at radius 1 is 1.09 bits per heavy atom. The van der Waals surface area contributed by atoms with E-state index in [-0.39, 0.29) is 0 Å². The average molecular weight is 372 g/mol. The van der Waals surface area contributed by atoms with Gasteiger partial charge in [0.05, 0.1) is 6.20 Å². The molecule has 2 N–H and O–H groups in total. The fourth-order valence-corrected chi connectivity index (χ4v) is 2.70. The van der Waals surface area contributed by atoms with Crippen LogP contribution in [0.15, 0.2) is 35.1 Å². The molecule has 1 aliphatic heterocycles. The Hall–Kier alpha value is -2.10. The number of piperazine rings is 1. The smallest absolute Gasteiger partial charge is 0.158 e. The highest BCUT2D eigenvalue weighted by molar-refractivity contribution is 9.10. The van der Waals surface area contributed by atoms with E-state index < -0.39 is 0 Å². The van der Waals surface area contributed by atoms with E-state index in [1.807, 2.05) is 12.1 Å². The second-order valence-electron chi connectivity index (χ2n) is 5.51. The summed E-state index contributed by atoms with van der Waals surface area (Å²) in [4.78, 5) is 13.0. The second-order valence-corrected chi connectivity index (χ2v) is 6.33. The summed E-state index contributed by atoms with van der Waals surface area (Å²) in [5.41, 5.74) is 8.44. The number of benzene rings is 1. The molecule has 2 heterocycles. The van der Waals surface area contributed by atoms with Gasteiger partial charge >= 0.3 is 0 Å². The molecular weight excluding hydrogens is 354 g/mol. The maximum absolute atomic E-state index is 5.78. The predicted molar refractivity (Wildman–Crippen MR) is 96.3 cm³/mol. The van der Waals surface area contributed by atoms with E-state index in [1.165, 1.54) is 5.69 Å². The SMILES string of the molecule is CN1CCN(c2ccc(C#Cc3nc(Br)cnc3N)cc2)CC1. The molecule has 1 aliphatic rings. The standard InChI is InChI=1S/C17H18BrN5/c1-22-8-10-23(11-9-22)14-5-2-13(3-6-14)4-7-15-17(19)20-12-16(18)21-15/h2-3,5-6,12H,8-11H2,1H3,(H2,19,20). The molecule has 0 atom stereocenters. The quantitative estimate of drug-likeness (QED) is 0.776. The van der Waals surface area contributed by atoms with Crippen molar-refractivity contribution >= 4 is 27.4 Å². The summed E-state index contributed by atoms with van der Waals surface area (Å²) in [6, 6.07) is 8.29. The molecule has 0 aliphatic carbocycles. The Kier molecular flexibility index (Phi) is 4.79. The highest BCUT2D eigenvalue weighted by Gasteiger charge is 2.13. The van der Waals surface area contributed by atoms with Gasteiger partial charge in [-0.2, -0.15) is 0 Å². The lowest BCUT2D eigenvalue weighted by atomic mass is 10.2. The molecule has 1 fully saturated rings. The first-order chi connectivity index (χ1) is 11.1. The molecule has 6 heteroatoms. The fraction of sp³-hybridized carbons (Fsp3) is 0.294. The number of nitrogens with two attached hydrogens (primary N) is 1. The zero-order valence-electron chi connectivity index (χ0n) is 13.0. The molecular formula is C17H18BrN5. The summed E-state index contributed by atoms with van der Waals surface area (Å²) in [6.07, 6.45) is 1.56. The molecule has 118 valence electrons. The van der Waals surface area contributed by atoms with Gasteiger partial charge in [0.2, 0.25) is 0 Å². The van der Waals surface area contributed by atoms with Crippen molar-refractivity contribution in [3.05, 3.63) is 46.3 Å². The summed E-state index contributed by atoms with van der Waals surface area (Å²) < 4.78 is 0.626. The van der Waals surface area contributed by atoms with Crippen molar-refractivity contribution in [1.82, 2.24) is 14.9 Å². The first kappa shape index (κ1) is 15.8. The van der Waals surface area contributed by atoms with Gasteiger partial charge in [-0.3, -0.25) is 0 Å². The van der Waals surface area contributed by atoms with Crippen molar-refractivity contribution in [2.75, 3.05) is 43.9 Å². The molecule has 3 rings (SSSR count). The molecule has 0 bridgehead atoms. The van der Waals surface area contributed by atoms with Gasteiger partial charge in [-0.25, -0.2) is 9.97 Å². The molecule has 2 aromatic rings. The van der Waals surface area contributed by atoms with Crippen molar-refractivity contribution in [2.45, 2.75) is 0 Å². The molecule has 0 spiro atoms. The number of nitrogens with zero attached hydrogens (tertiary/aromatic N) is 4. The van der Waals surface area contributed by atoms with Gasteiger partial charge in [0, 0.05) is 37.4 Å². The fourth-order valence-electron chi connectivity index (χ4n) is 2.42. The van der Waals surface area contributed by atoms with Crippen LogP contribution in [0.3, 0.4) is 0 Å². The molecule has 0 saturated carbocycles. The topological polar surface area (TPSA) is 58.3 Å². The Morgan fingerprint density at radius 2 is 1.78 bits per heavy atom. The monoisotopic (exact) mass is 371 g/mol. The van der Waals surface area contributed by atoms with Crippen LogP contribution in [0.1, 0.15) is 11.3 Å². The van der Waals surface area contributed by atoms with Gasteiger partial charge < -0.3 is 15.5 Å². The van der Waals surface area contributed by atoms with Crippen molar-refractivity contribution in [3.8, 4) is 11.8 Å². The Morgan fingerprint density at radius 3 is 2.48 bits per heavy atom. The van der Waals surface area contributed by atoms with Crippen LogP contribution in [0.5, 0.6) is 0 Å². The van der Waals surface area contributed by atoms with E-state index in [4.69, 9.17) is 5.73 Å². The van der Waals surface area contributed by atoms with Crippen LogP contribution in [0, 0.1) is 11.8 Å². The van der Waals surface area contributed by atoms with Gasteiger partial charge in [0.1, 0.15) is 4.60 Å². The van der Waals surface area contributed by atoms with E-state index in [2.05, 4.69) is 66.7 Å². The molecule has 1 saturated heterocycles. The van der Waals surface area contributed by atoms with Crippen molar-refractivity contribution < 1.29 is 0 Å². The molecule has 5 nitrogen and oxygen atoms in total. The van der Waals surface area contributed by atoms with Crippen LogP contribution >= 0.6 is 15.9 Å². The van der Waals surface area contributed by atoms with Crippen LogP contribution in [0.25, 0.3) is 0 Å². The maximum atomic E-state index is 5.78. The Labute approximate surface area is 144 Å². The molecule has 0 unspecified atom stereocenters. The molecule has 1 aromatic carbocycles. The van der Waals surface area contributed by atoms with E-state index in [1.54, 1.807) is 6.20 Å². The number of aromatic nitrogens is 2. The normalized spacial score (nSPS) is 15.1. The number of hydrogen-bond donors (Lipinski definition) is 1. The molecule has 1 aromatic heterocycles. The van der Waals surface area contributed by atoms with Crippen molar-refractivity contribution in [1.29, 1.82) is 0 Å². The van der Waals surface area contributed by atoms with Gasteiger partial charge in [0.25, 0.3) is 0 Å². The highest BCUT2D eigenvalue weighted by atomic mass is 79.9. The Bertz CT molecular complexity index is 740. The van der Waals surface area contributed by atoms with Crippen LogP contribution in [0.4, 0.5) is 11.5 Å². The summed E-state index contributed by atoms with van der Waals surface area (Å²) in [5, 5.41) is 0. The maximum Gasteiger partial charge on any atom is 0.158 e. The summed E-state index contributed by atoms with van der Waals surface area (Å²) in [5.74, 6) is 6.40. The van der Waals surface area contributed by atoms with Gasteiger partial charge in [-0.15, -0.1) is 0 Å².